The SMILES string of the molecule is CN1C(=O)COC(C(=O)O)C1c1ccccc1Br. The third kappa shape index (κ3) is 2.26. The van der Waals surface area contributed by atoms with Gasteiger partial charge < -0.3 is 14.7 Å². The summed E-state index contributed by atoms with van der Waals surface area (Å²) in [4.78, 5) is 24.3. The number of benzene rings is 1. The van der Waals surface area contributed by atoms with Crippen molar-refractivity contribution in [1.29, 1.82) is 0 Å². The fourth-order valence-corrected chi connectivity index (χ4v) is 2.52. The second kappa shape index (κ2) is 5.07. The summed E-state index contributed by atoms with van der Waals surface area (Å²) < 4.78 is 5.89. The van der Waals surface area contributed by atoms with E-state index in [2.05, 4.69) is 15.9 Å². The summed E-state index contributed by atoms with van der Waals surface area (Å²) in [6.45, 7) is -0.200. The molecular formula is C12H12BrNO4. The molecule has 96 valence electrons. The van der Waals surface area contributed by atoms with Crippen molar-refractivity contribution in [3.63, 3.8) is 0 Å². The molecule has 0 bridgehead atoms. The molecule has 1 saturated heterocycles. The van der Waals surface area contributed by atoms with Crippen LogP contribution in [0.25, 0.3) is 0 Å². The van der Waals surface area contributed by atoms with Crippen LogP contribution in [0, 0.1) is 0 Å². The Morgan fingerprint density at radius 3 is 2.78 bits per heavy atom. The number of carboxylic acid groups (broad SMARTS) is 1. The molecule has 0 aliphatic carbocycles. The van der Waals surface area contributed by atoms with E-state index in [0.29, 0.717) is 0 Å². The molecule has 1 amide bonds. The molecule has 18 heavy (non-hydrogen) atoms. The third-order valence-electron chi connectivity index (χ3n) is 2.95. The number of carbonyl (C=O) groups is 2. The Bertz CT molecular complexity index is 491. The first-order chi connectivity index (χ1) is 8.52. The van der Waals surface area contributed by atoms with Gasteiger partial charge in [0.25, 0.3) is 0 Å². The maximum atomic E-state index is 11.6. The minimum Gasteiger partial charge on any atom is -0.479 e. The van der Waals surface area contributed by atoms with E-state index in [1.54, 1.807) is 25.2 Å². The van der Waals surface area contributed by atoms with Crippen LogP contribution in [-0.4, -0.2) is 41.6 Å². The Morgan fingerprint density at radius 2 is 2.17 bits per heavy atom. The predicted molar refractivity (Wildman–Crippen MR) is 67.0 cm³/mol. The van der Waals surface area contributed by atoms with Gasteiger partial charge in [-0.25, -0.2) is 4.79 Å². The third-order valence-corrected chi connectivity index (χ3v) is 3.67. The van der Waals surface area contributed by atoms with E-state index >= 15 is 0 Å². The monoisotopic (exact) mass is 313 g/mol. The zero-order chi connectivity index (χ0) is 13.3. The number of carbonyl (C=O) groups excluding carboxylic acids is 1. The summed E-state index contributed by atoms with van der Waals surface area (Å²) in [5, 5.41) is 9.19. The number of nitrogens with zero attached hydrogens (tertiary/aromatic N) is 1. The molecule has 1 aromatic rings. The fourth-order valence-electron chi connectivity index (χ4n) is 2.01. The number of aliphatic carboxylic acids is 1. The van der Waals surface area contributed by atoms with Gasteiger partial charge in [-0.15, -0.1) is 0 Å². The average Bonchev–Trinajstić information content (AvgIpc) is 2.33. The Kier molecular flexibility index (Phi) is 3.68. The Morgan fingerprint density at radius 1 is 1.50 bits per heavy atom. The number of rotatable bonds is 2. The quantitative estimate of drug-likeness (QED) is 0.897. The summed E-state index contributed by atoms with van der Waals surface area (Å²) in [6.07, 6.45) is -1.05. The van der Waals surface area contributed by atoms with Crippen LogP contribution in [0.3, 0.4) is 0 Å². The van der Waals surface area contributed by atoms with E-state index in [4.69, 9.17) is 4.74 Å². The topological polar surface area (TPSA) is 66.8 Å². The maximum absolute atomic E-state index is 11.6. The van der Waals surface area contributed by atoms with Gasteiger partial charge in [-0.3, -0.25) is 4.79 Å². The van der Waals surface area contributed by atoms with Crippen LogP contribution in [-0.2, 0) is 14.3 Å². The lowest BCUT2D eigenvalue weighted by atomic mass is 9.98. The van der Waals surface area contributed by atoms with Crippen molar-refractivity contribution < 1.29 is 19.4 Å². The molecule has 1 fully saturated rings. The number of amides is 1. The molecule has 2 atom stereocenters. The molecule has 0 saturated carbocycles. The van der Waals surface area contributed by atoms with Crippen LogP contribution in [0.2, 0.25) is 0 Å². The molecule has 2 unspecified atom stereocenters. The van der Waals surface area contributed by atoms with Crippen LogP contribution in [0.15, 0.2) is 28.7 Å². The second-order valence-corrected chi connectivity index (χ2v) is 4.90. The lowest BCUT2D eigenvalue weighted by molar-refractivity contribution is -0.171. The van der Waals surface area contributed by atoms with Crippen molar-refractivity contribution in [2.45, 2.75) is 12.1 Å². The van der Waals surface area contributed by atoms with E-state index in [1.165, 1.54) is 4.90 Å². The van der Waals surface area contributed by atoms with Gasteiger partial charge in [0.2, 0.25) is 5.91 Å². The van der Waals surface area contributed by atoms with Crippen LogP contribution in [0.1, 0.15) is 11.6 Å². The zero-order valence-corrected chi connectivity index (χ0v) is 11.3. The number of likely N-dealkylation sites (N-methyl/N-ethyl adjacent to an activating group) is 1. The van der Waals surface area contributed by atoms with Crippen molar-refractivity contribution in [2.75, 3.05) is 13.7 Å². The van der Waals surface area contributed by atoms with Gasteiger partial charge in [0.15, 0.2) is 6.10 Å². The van der Waals surface area contributed by atoms with Gasteiger partial charge in [0.05, 0.1) is 6.04 Å². The summed E-state index contributed by atoms with van der Waals surface area (Å²) in [5.74, 6) is -1.30. The minimum absolute atomic E-state index is 0.200. The molecule has 1 N–H and O–H groups in total. The smallest absolute Gasteiger partial charge is 0.335 e. The average molecular weight is 314 g/mol. The van der Waals surface area contributed by atoms with E-state index < -0.39 is 18.1 Å². The molecule has 6 heteroatoms. The standard InChI is InChI=1S/C12H12BrNO4/c1-14-9(15)6-18-11(12(16)17)10(14)7-4-2-3-5-8(7)13/h2-5,10-11H,6H2,1H3,(H,16,17). The molecule has 5 nitrogen and oxygen atoms in total. The van der Waals surface area contributed by atoms with Crippen molar-refractivity contribution in [1.82, 2.24) is 4.90 Å². The van der Waals surface area contributed by atoms with Gasteiger partial charge in [0, 0.05) is 11.5 Å². The van der Waals surface area contributed by atoms with Crippen molar-refractivity contribution in [3.05, 3.63) is 34.3 Å². The van der Waals surface area contributed by atoms with Crippen LogP contribution >= 0.6 is 15.9 Å². The van der Waals surface area contributed by atoms with Crippen LogP contribution in [0.4, 0.5) is 0 Å². The van der Waals surface area contributed by atoms with Gasteiger partial charge in [-0.2, -0.15) is 0 Å². The van der Waals surface area contributed by atoms with Crippen molar-refractivity contribution in [2.24, 2.45) is 0 Å². The number of hydrogen-bond acceptors (Lipinski definition) is 3. The first-order valence-electron chi connectivity index (χ1n) is 5.37. The Hall–Kier alpha value is -1.40. The largest absolute Gasteiger partial charge is 0.479 e. The number of ether oxygens (including phenoxy) is 1. The molecular weight excluding hydrogens is 302 g/mol. The molecule has 1 aromatic carbocycles. The maximum Gasteiger partial charge on any atom is 0.335 e. The van der Waals surface area contributed by atoms with E-state index in [9.17, 15) is 14.7 Å². The van der Waals surface area contributed by atoms with E-state index in [1.807, 2.05) is 6.07 Å². The van der Waals surface area contributed by atoms with Gasteiger partial charge in [-0.05, 0) is 11.6 Å². The van der Waals surface area contributed by atoms with Crippen LogP contribution in [0.5, 0.6) is 0 Å². The van der Waals surface area contributed by atoms with E-state index in [-0.39, 0.29) is 12.5 Å². The highest BCUT2D eigenvalue weighted by molar-refractivity contribution is 9.10. The normalized spacial score (nSPS) is 24.1. The first kappa shape index (κ1) is 13.0. The molecule has 1 heterocycles. The zero-order valence-electron chi connectivity index (χ0n) is 9.67. The van der Waals surface area contributed by atoms with Gasteiger partial charge in [0.1, 0.15) is 6.61 Å². The summed E-state index contributed by atoms with van der Waals surface area (Å²) in [7, 11) is 1.59. The van der Waals surface area contributed by atoms with Gasteiger partial charge in [-0.1, -0.05) is 34.1 Å². The summed E-state index contributed by atoms with van der Waals surface area (Å²) >= 11 is 3.37. The van der Waals surface area contributed by atoms with E-state index in [0.717, 1.165) is 10.0 Å². The van der Waals surface area contributed by atoms with Gasteiger partial charge >= 0.3 is 5.97 Å². The number of morpholine rings is 1. The lowest BCUT2D eigenvalue weighted by Crippen LogP contribution is -2.50. The lowest BCUT2D eigenvalue weighted by Gasteiger charge is -2.37. The summed E-state index contributed by atoms with van der Waals surface area (Å²) in [6, 6.07) is 6.59. The molecule has 0 radical (unpaired) electrons. The van der Waals surface area contributed by atoms with Crippen LogP contribution < -0.4 is 0 Å². The highest BCUT2D eigenvalue weighted by atomic mass is 79.9. The predicted octanol–water partition coefficient (Wildman–Crippen LogP) is 1.43. The molecule has 1 aliphatic rings. The molecule has 0 spiro atoms. The summed E-state index contributed by atoms with van der Waals surface area (Å²) in [5.41, 5.74) is 0.723. The Labute approximate surface area is 112 Å². The highest BCUT2D eigenvalue weighted by Gasteiger charge is 2.40. The molecule has 2 rings (SSSR count). The first-order valence-corrected chi connectivity index (χ1v) is 6.16. The van der Waals surface area contributed by atoms with Crippen molar-refractivity contribution >= 4 is 27.8 Å². The fraction of sp³-hybridized carbons (Fsp3) is 0.333. The number of carboxylic acids is 1. The highest BCUT2D eigenvalue weighted by Crippen LogP contribution is 2.33. The molecule has 0 aromatic heterocycles. The number of hydrogen-bond donors (Lipinski definition) is 1. The number of halogens is 1. The Balaban J connectivity index is 2.44. The minimum atomic E-state index is -1.07. The van der Waals surface area contributed by atoms with Crippen molar-refractivity contribution in [3.8, 4) is 0 Å². The molecule has 1 aliphatic heterocycles. The second-order valence-electron chi connectivity index (χ2n) is 4.04.